The van der Waals surface area contributed by atoms with Crippen LogP contribution in [0.3, 0.4) is 0 Å². The number of benzene rings is 1. The summed E-state index contributed by atoms with van der Waals surface area (Å²) in [6.07, 6.45) is 6.43. The fourth-order valence-corrected chi connectivity index (χ4v) is 5.97. The SMILES string of the molecule is CC1C=CC2[C@H]3Cc4cccc5c4[C@@]2(C(C)CN3C)[C@H]1O5. The maximum absolute atomic E-state index is 6.53. The van der Waals surface area contributed by atoms with Gasteiger partial charge >= 0.3 is 0 Å². The lowest BCUT2D eigenvalue weighted by molar-refractivity contribution is -0.0502. The Labute approximate surface area is 126 Å². The molecule has 0 aromatic heterocycles. The fraction of sp³-hybridized carbons (Fsp3) is 0.579. The Morgan fingerprint density at radius 3 is 2.95 bits per heavy atom. The van der Waals surface area contributed by atoms with Crippen LogP contribution in [0.4, 0.5) is 0 Å². The number of likely N-dealkylation sites (tertiary alicyclic amines) is 1. The van der Waals surface area contributed by atoms with Crippen molar-refractivity contribution in [3.05, 3.63) is 41.5 Å². The van der Waals surface area contributed by atoms with Gasteiger partial charge in [0.25, 0.3) is 0 Å². The van der Waals surface area contributed by atoms with Gasteiger partial charge in [-0.1, -0.05) is 38.1 Å². The highest BCUT2D eigenvalue weighted by atomic mass is 16.5. The molecule has 1 saturated heterocycles. The molecule has 1 aromatic rings. The van der Waals surface area contributed by atoms with Gasteiger partial charge in [-0.25, -0.2) is 0 Å². The fourth-order valence-electron chi connectivity index (χ4n) is 5.97. The lowest BCUT2D eigenvalue weighted by atomic mass is 9.49. The molecular weight excluding hydrogens is 258 g/mol. The Balaban J connectivity index is 1.86. The lowest BCUT2D eigenvalue weighted by Gasteiger charge is -2.60. The van der Waals surface area contributed by atoms with Crippen LogP contribution >= 0.6 is 0 Å². The monoisotopic (exact) mass is 281 g/mol. The van der Waals surface area contributed by atoms with Gasteiger partial charge in [0.2, 0.25) is 0 Å². The maximum Gasteiger partial charge on any atom is 0.124 e. The minimum atomic E-state index is 0.218. The summed E-state index contributed by atoms with van der Waals surface area (Å²) in [5.41, 5.74) is 3.32. The van der Waals surface area contributed by atoms with Crippen molar-refractivity contribution in [2.45, 2.75) is 37.8 Å². The van der Waals surface area contributed by atoms with Crippen LogP contribution in [0.2, 0.25) is 0 Å². The molecule has 2 heterocycles. The van der Waals surface area contributed by atoms with Crippen molar-refractivity contribution in [1.82, 2.24) is 4.90 Å². The van der Waals surface area contributed by atoms with E-state index in [-0.39, 0.29) is 5.41 Å². The number of hydrogen-bond donors (Lipinski definition) is 0. The van der Waals surface area contributed by atoms with Gasteiger partial charge in [0.15, 0.2) is 0 Å². The van der Waals surface area contributed by atoms with E-state index in [1.165, 1.54) is 24.3 Å². The largest absolute Gasteiger partial charge is 0.489 e. The van der Waals surface area contributed by atoms with Crippen molar-refractivity contribution in [1.29, 1.82) is 0 Å². The topological polar surface area (TPSA) is 12.5 Å². The number of piperidine rings is 1. The summed E-state index contributed by atoms with van der Waals surface area (Å²) in [7, 11) is 2.31. The minimum absolute atomic E-state index is 0.218. The summed E-state index contributed by atoms with van der Waals surface area (Å²) in [6.45, 7) is 5.96. The van der Waals surface area contributed by atoms with Crippen molar-refractivity contribution >= 4 is 0 Å². The van der Waals surface area contributed by atoms with Crippen LogP contribution in [0.5, 0.6) is 5.75 Å². The zero-order valence-electron chi connectivity index (χ0n) is 13.0. The average molecular weight is 281 g/mol. The highest BCUT2D eigenvalue weighted by Gasteiger charge is 2.65. The predicted octanol–water partition coefficient (Wildman–Crippen LogP) is 3.01. The zero-order chi connectivity index (χ0) is 14.4. The van der Waals surface area contributed by atoms with Crippen molar-refractivity contribution in [2.24, 2.45) is 17.8 Å². The third-order valence-electron chi connectivity index (χ3n) is 6.71. The van der Waals surface area contributed by atoms with Gasteiger partial charge < -0.3 is 9.64 Å². The molecule has 0 saturated carbocycles. The molecule has 6 atom stereocenters. The lowest BCUT2D eigenvalue weighted by Crippen LogP contribution is -2.67. The third-order valence-corrected chi connectivity index (χ3v) is 6.71. The first kappa shape index (κ1) is 12.3. The van der Waals surface area contributed by atoms with Crippen LogP contribution in [-0.2, 0) is 11.8 Å². The molecule has 5 rings (SSSR count). The van der Waals surface area contributed by atoms with Crippen molar-refractivity contribution in [3.63, 3.8) is 0 Å². The van der Waals surface area contributed by atoms with Gasteiger partial charge in [-0.05, 0) is 31.0 Å². The van der Waals surface area contributed by atoms with Crippen molar-refractivity contribution in [2.75, 3.05) is 13.6 Å². The van der Waals surface area contributed by atoms with Crippen LogP contribution in [0.15, 0.2) is 30.4 Å². The minimum Gasteiger partial charge on any atom is -0.489 e. The second kappa shape index (κ2) is 3.73. The van der Waals surface area contributed by atoms with E-state index in [2.05, 4.69) is 56.1 Å². The van der Waals surface area contributed by atoms with Crippen LogP contribution in [0.1, 0.15) is 25.0 Å². The molecule has 1 fully saturated rings. The molecule has 110 valence electrons. The molecule has 2 bridgehead atoms. The molecule has 0 N–H and O–H groups in total. The summed E-state index contributed by atoms with van der Waals surface area (Å²) in [5.74, 6) is 2.94. The molecular formula is C19H23NO. The van der Waals surface area contributed by atoms with E-state index in [4.69, 9.17) is 4.74 Å². The first-order valence-electron chi connectivity index (χ1n) is 8.31. The van der Waals surface area contributed by atoms with E-state index in [9.17, 15) is 0 Å². The van der Waals surface area contributed by atoms with Crippen LogP contribution in [0.25, 0.3) is 0 Å². The Bertz CT molecular complexity index is 651. The maximum atomic E-state index is 6.53. The van der Waals surface area contributed by atoms with Crippen LogP contribution in [0, 0.1) is 17.8 Å². The van der Waals surface area contributed by atoms with Gasteiger partial charge in [0.05, 0.1) is 0 Å². The van der Waals surface area contributed by atoms with E-state index < -0.39 is 0 Å². The van der Waals surface area contributed by atoms with Gasteiger partial charge in [0, 0.05) is 35.4 Å². The summed E-state index contributed by atoms with van der Waals surface area (Å²) in [6, 6.07) is 7.35. The smallest absolute Gasteiger partial charge is 0.124 e. The summed E-state index contributed by atoms with van der Waals surface area (Å²) >= 11 is 0. The van der Waals surface area contributed by atoms with Gasteiger partial charge in [-0.15, -0.1) is 0 Å². The molecule has 2 nitrogen and oxygen atoms in total. The molecule has 4 aliphatic rings. The summed E-state index contributed by atoms with van der Waals surface area (Å²) in [5, 5.41) is 0. The number of rotatable bonds is 0. The molecule has 21 heavy (non-hydrogen) atoms. The molecule has 1 spiro atoms. The van der Waals surface area contributed by atoms with E-state index in [0.29, 0.717) is 29.9 Å². The van der Waals surface area contributed by atoms with Crippen molar-refractivity contribution in [3.8, 4) is 5.75 Å². The third kappa shape index (κ3) is 1.21. The second-order valence-electron chi connectivity index (χ2n) is 7.64. The molecule has 2 aliphatic heterocycles. The quantitative estimate of drug-likeness (QED) is 0.678. The first-order chi connectivity index (χ1) is 10.1. The van der Waals surface area contributed by atoms with Crippen LogP contribution in [-0.4, -0.2) is 30.6 Å². The normalized spacial score (nSPS) is 46.1. The highest BCUT2D eigenvalue weighted by molar-refractivity contribution is 5.56. The van der Waals surface area contributed by atoms with E-state index in [1.807, 2.05) is 0 Å². The van der Waals surface area contributed by atoms with Gasteiger partial charge in [-0.3, -0.25) is 0 Å². The molecule has 2 heteroatoms. The Kier molecular flexibility index (Phi) is 2.18. The first-order valence-corrected chi connectivity index (χ1v) is 8.31. The second-order valence-corrected chi connectivity index (χ2v) is 7.64. The summed E-state index contributed by atoms with van der Waals surface area (Å²) < 4.78 is 6.53. The molecule has 0 amide bonds. The Morgan fingerprint density at radius 1 is 1.24 bits per heavy atom. The van der Waals surface area contributed by atoms with E-state index in [0.717, 1.165) is 0 Å². The summed E-state index contributed by atoms with van der Waals surface area (Å²) in [4.78, 5) is 2.59. The highest BCUT2D eigenvalue weighted by Crippen LogP contribution is 2.63. The molecule has 1 aromatic carbocycles. The molecule has 2 aliphatic carbocycles. The zero-order valence-corrected chi connectivity index (χ0v) is 13.0. The number of likely N-dealkylation sites (N-methyl/N-ethyl adjacent to an activating group) is 1. The number of nitrogens with zero attached hydrogens (tertiary/aromatic N) is 1. The van der Waals surface area contributed by atoms with Gasteiger partial charge in [0.1, 0.15) is 11.9 Å². The van der Waals surface area contributed by atoms with Gasteiger partial charge in [-0.2, -0.15) is 0 Å². The van der Waals surface area contributed by atoms with E-state index in [1.54, 1.807) is 5.56 Å². The van der Waals surface area contributed by atoms with Crippen molar-refractivity contribution < 1.29 is 4.74 Å². The van der Waals surface area contributed by atoms with E-state index >= 15 is 0 Å². The Hall–Kier alpha value is -1.28. The average Bonchev–Trinajstić information content (AvgIpc) is 2.83. The number of ether oxygens (including phenoxy) is 1. The predicted molar refractivity (Wildman–Crippen MR) is 83.6 cm³/mol. The Morgan fingerprint density at radius 2 is 2.10 bits per heavy atom. The van der Waals surface area contributed by atoms with Crippen LogP contribution < -0.4 is 4.74 Å². The molecule has 0 radical (unpaired) electrons. The molecule has 3 unspecified atom stereocenters. The standard InChI is InChI=1S/C19H23NO/c1-11-7-8-14-15-9-13-5-4-6-16-17(13)19(14,18(11)21-16)12(2)10-20(15)3/h4-8,11-12,14-15,18H,9-10H2,1-3H3/t11?,12?,14?,15-,18+,19+/m1/s1. The number of hydrogen-bond acceptors (Lipinski definition) is 2.